The van der Waals surface area contributed by atoms with Crippen LogP contribution in [0.3, 0.4) is 0 Å². The minimum absolute atomic E-state index is 0.102. The van der Waals surface area contributed by atoms with Gasteiger partial charge in [0.05, 0.1) is 23.9 Å². The first-order chi connectivity index (χ1) is 15.2. The first-order valence-electron chi connectivity index (χ1n) is 10.6. The topological polar surface area (TPSA) is 57.5 Å². The SMILES string of the molecule is Cc1cc(N2CCNCC2)c(NC(=O)c2cccc3ccccc23)cc1-c1ccoc1. The highest BCUT2D eigenvalue weighted by Crippen LogP contribution is 2.35. The minimum atomic E-state index is -0.102. The predicted octanol–water partition coefficient (Wildman–Crippen LogP) is 5.07. The second-order valence-corrected chi connectivity index (χ2v) is 7.91. The van der Waals surface area contributed by atoms with Crippen LogP contribution in [0.15, 0.2) is 77.6 Å². The first kappa shape index (κ1) is 19.4. The summed E-state index contributed by atoms with van der Waals surface area (Å²) >= 11 is 0. The van der Waals surface area contributed by atoms with Crippen LogP contribution >= 0.6 is 0 Å². The van der Waals surface area contributed by atoms with E-state index in [1.807, 2.05) is 48.5 Å². The van der Waals surface area contributed by atoms with E-state index in [2.05, 4.69) is 34.6 Å². The Morgan fingerprint density at radius 1 is 1.03 bits per heavy atom. The van der Waals surface area contributed by atoms with Crippen LogP contribution in [0.25, 0.3) is 21.9 Å². The van der Waals surface area contributed by atoms with E-state index in [4.69, 9.17) is 4.42 Å². The molecule has 1 aromatic heterocycles. The van der Waals surface area contributed by atoms with E-state index >= 15 is 0 Å². The highest BCUT2D eigenvalue weighted by Gasteiger charge is 2.20. The first-order valence-corrected chi connectivity index (χ1v) is 10.6. The van der Waals surface area contributed by atoms with E-state index < -0.39 is 0 Å². The summed E-state index contributed by atoms with van der Waals surface area (Å²) in [4.78, 5) is 15.7. The van der Waals surface area contributed by atoms with Crippen LogP contribution in [0, 0.1) is 6.92 Å². The lowest BCUT2D eigenvalue weighted by atomic mass is 9.99. The van der Waals surface area contributed by atoms with E-state index in [0.29, 0.717) is 5.56 Å². The molecule has 3 aromatic carbocycles. The molecule has 0 unspecified atom stereocenters. The average molecular weight is 412 g/mol. The third kappa shape index (κ3) is 3.80. The van der Waals surface area contributed by atoms with E-state index in [-0.39, 0.29) is 5.91 Å². The number of anilines is 2. The Balaban J connectivity index is 1.57. The van der Waals surface area contributed by atoms with E-state index in [0.717, 1.165) is 65.0 Å². The molecule has 5 rings (SSSR count). The van der Waals surface area contributed by atoms with Gasteiger partial charge < -0.3 is 20.0 Å². The lowest BCUT2D eigenvalue weighted by Gasteiger charge is -2.32. The number of fused-ring (bicyclic) bond motifs is 1. The molecule has 31 heavy (non-hydrogen) atoms. The van der Waals surface area contributed by atoms with E-state index in [9.17, 15) is 4.79 Å². The van der Waals surface area contributed by atoms with Crippen molar-refractivity contribution in [3.8, 4) is 11.1 Å². The number of furan rings is 1. The molecule has 5 heteroatoms. The van der Waals surface area contributed by atoms with Crippen LogP contribution in [0.2, 0.25) is 0 Å². The van der Waals surface area contributed by atoms with Crippen molar-refractivity contribution in [2.45, 2.75) is 6.92 Å². The van der Waals surface area contributed by atoms with Gasteiger partial charge in [-0.1, -0.05) is 36.4 Å². The Kier molecular flexibility index (Phi) is 5.18. The zero-order valence-electron chi connectivity index (χ0n) is 17.5. The Bertz CT molecular complexity index is 1220. The van der Waals surface area contributed by atoms with Crippen LogP contribution in [0.5, 0.6) is 0 Å². The highest BCUT2D eigenvalue weighted by atomic mass is 16.3. The molecule has 0 bridgehead atoms. The molecule has 0 atom stereocenters. The van der Waals surface area contributed by atoms with Crippen LogP contribution in [0.1, 0.15) is 15.9 Å². The van der Waals surface area contributed by atoms with Crippen LogP contribution in [-0.4, -0.2) is 32.1 Å². The monoisotopic (exact) mass is 411 g/mol. The number of piperazine rings is 1. The molecule has 5 nitrogen and oxygen atoms in total. The van der Waals surface area contributed by atoms with Crippen molar-refractivity contribution in [2.24, 2.45) is 0 Å². The lowest BCUT2D eigenvalue weighted by Crippen LogP contribution is -2.43. The number of benzene rings is 3. The fraction of sp³-hybridized carbons (Fsp3) is 0.192. The summed E-state index contributed by atoms with van der Waals surface area (Å²) in [6.07, 6.45) is 3.41. The van der Waals surface area contributed by atoms with Gasteiger partial charge in [0.2, 0.25) is 0 Å². The van der Waals surface area contributed by atoms with E-state index in [1.165, 1.54) is 0 Å². The molecule has 156 valence electrons. The van der Waals surface area contributed by atoms with Gasteiger partial charge in [0.25, 0.3) is 5.91 Å². The van der Waals surface area contributed by atoms with Crippen molar-refractivity contribution in [1.29, 1.82) is 0 Å². The molecule has 1 aliphatic rings. The number of rotatable bonds is 4. The summed E-state index contributed by atoms with van der Waals surface area (Å²) in [7, 11) is 0. The van der Waals surface area contributed by atoms with E-state index in [1.54, 1.807) is 12.5 Å². The molecule has 1 fully saturated rings. The van der Waals surface area contributed by atoms with Crippen molar-refractivity contribution in [3.05, 3.63) is 84.3 Å². The number of hydrogen-bond donors (Lipinski definition) is 2. The van der Waals surface area contributed by atoms with Crippen molar-refractivity contribution >= 4 is 28.1 Å². The molecule has 0 radical (unpaired) electrons. The Hall–Kier alpha value is -3.57. The molecular weight excluding hydrogens is 386 g/mol. The van der Waals surface area contributed by atoms with Gasteiger partial charge in [-0.2, -0.15) is 0 Å². The second-order valence-electron chi connectivity index (χ2n) is 7.91. The molecule has 2 heterocycles. The summed E-state index contributed by atoms with van der Waals surface area (Å²) in [6, 6.07) is 20.0. The predicted molar refractivity (Wildman–Crippen MR) is 126 cm³/mol. The number of hydrogen-bond acceptors (Lipinski definition) is 4. The molecular formula is C26H25N3O2. The molecule has 0 aliphatic carbocycles. The number of carbonyl (C=O) groups excluding carboxylic acids is 1. The number of carbonyl (C=O) groups is 1. The Morgan fingerprint density at radius 3 is 2.65 bits per heavy atom. The highest BCUT2D eigenvalue weighted by molar-refractivity contribution is 6.14. The summed E-state index contributed by atoms with van der Waals surface area (Å²) in [5.74, 6) is -0.102. The van der Waals surface area contributed by atoms with Crippen molar-refractivity contribution in [3.63, 3.8) is 0 Å². The molecule has 1 amide bonds. The minimum Gasteiger partial charge on any atom is -0.472 e. The number of nitrogens with zero attached hydrogens (tertiary/aromatic N) is 1. The maximum Gasteiger partial charge on any atom is 0.256 e. The van der Waals surface area contributed by atoms with Crippen LogP contribution in [0.4, 0.5) is 11.4 Å². The second kappa shape index (κ2) is 8.28. The average Bonchev–Trinajstić information content (AvgIpc) is 3.35. The Morgan fingerprint density at radius 2 is 1.84 bits per heavy atom. The van der Waals surface area contributed by atoms with Gasteiger partial charge in [0, 0.05) is 37.3 Å². The summed E-state index contributed by atoms with van der Waals surface area (Å²) < 4.78 is 5.30. The van der Waals surface area contributed by atoms with Crippen molar-refractivity contribution < 1.29 is 9.21 Å². The molecule has 1 aliphatic heterocycles. The van der Waals surface area contributed by atoms with Gasteiger partial charge in [0.15, 0.2) is 0 Å². The zero-order valence-corrected chi connectivity index (χ0v) is 17.5. The lowest BCUT2D eigenvalue weighted by molar-refractivity contribution is 0.102. The van der Waals surface area contributed by atoms with Gasteiger partial charge in [-0.3, -0.25) is 4.79 Å². The maximum absolute atomic E-state index is 13.4. The third-order valence-electron chi connectivity index (χ3n) is 5.92. The summed E-state index contributed by atoms with van der Waals surface area (Å²) in [5, 5.41) is 8.62. The van der Waals surface area contributed by atoms with Crippen LogP contribution in [-0.2, 0) is 0 Å². The van der Waals surface area contributed by atoms with Crippen LogP contribution < -0.4 is 15.5 Å². The molecule has 0 spiro atoms. The summed E-state index contributed by atoms with van der Waals surface area (Å²) in [5.41, 5.74) is 5.76. The molecule has 1 saturated heterocycles. The quantitative estimate of drug-likeness (QED) is 0.492. The van der Waals surface area contributed by atoms with Gasteiger partial charge in [-0.25, -0.2) is 0 Å². The molecule has 4 aromatic rings. The fourth-order valence-electron chi connectivity index (χ4n) is 4.30. The number of aryl methyl sites for hydroxylation is 1. The standard InChI is InChI=1S/C26H25N3O2/c1-18-15-25(29-12-10-27-11-13-29)24(16-23(18)20-9-14-31-17-20)28-26(30)22-8-4-6-19-5-2-3-7-21(19)22/h2-9,14-17,27H,10-13H2,1H3,(H,28,30). The maximum atomic E-state index is 13.4. The van der Waals surface area contributed by atoms with Gasteiger partial charge in [-0.05, 0) is 53.1 Å². The van der Waals surface area contributed by atoms with Crippen molar-refractivity contribution in [2.75, 3.05) is 36.4 Å². The fourth-order valence-corrected chi connectivity index (χ4v) is 4.30. The zero-order chi connectivity index (χ0) is 21.2. The van der Waals surface area contributed by atoms with Gasteiger partial charge >= 0.3 is 0 Å². The largest absolute Gasteiger partial charge is 0.472 e. The smallest absolute Gasteiger partial charge is 0.256 e. The Labute approximate surface area is 181 Å². The third-order valence-corrected chi connectivity index (χ3v) is 5.92. The van der Waals surface area contributed by atoms with Crippen molar-refractivity contribution in [1.82, 2.24) is 5.32 Å². The van der Waals surface area contributed by atoms with Gasteiger partial charge in [0.1, 0.15) is 0 Å². The summed E-state index contributed by atoms with van der Waals surface area (Å²) in [6.45, 7) is 5.77. The normalized spacial score (nSPS) is 14.0. The molecule has 2 N–H and O–H groups in total. The number of nitrogens with one attached hydrogen (secondary N) is 2. The number of amides is 1. The van der Waals surface area contributed by atoms with Gasteiger partial charge in [-0.15, -0.1) is 0 Å². The molecule has 0 saturated carbocycles.